The number of thioether (sulfide) groups is 1. The predicted molar refractivity (Wildman–Crippen MR) is 279 cm³/mol. The average molecular weight is 997 g/mol. The molecule has 16 nitrogen and oxygen atoms in total. The topological polar surface area (TPSA) is 189 Å². The molecule has 2 atom stereocenters. The summed E-state index contributed by atoms with van der Waals surface area (Å²) in [6.07, 6.45) is 17.2. The van der Waals surface area contributed by atoms with Crippen LogP contribution in [-0.2, 0) is 14.4 Å². The van der Waals surface area contributed by atoms with Crippen molar-refractivity contribution in [2.45, 2.75) is 120 Å². The van der Waals surface area contributed by atoms with E-state index >= 15 is 0 Å². The number of ether oxygens (including phenoxy) is 1. The molecule has 2 unspecified atom stereocenters. The third kappa shape index (κ3) is 12.4. The molecule has 0 spiro atoms. The summed E-state index contributed by atoms with van der Waals surface area (Å²) in [5.74, 6) is 1.08. The van der Waals surface area contributed by atoms with Gasteiger partial charge in [0.15, 0.2) is 5.65 Å². The van der Waals surface area contributed by atoms with Gasteiger partial charge >= 0.3 is 0 Å². The number of piperazine rings is 1. The second kappa shape index (κ2) is 24.5. The Kier molecular flexibility index (Phi) is 17.3. The van der Waals surface area contributed by atoms with Crippen molar-refractivity contribution in [1.82, 2.24) is 44.7 Å². The highest BCUT2D eigenvalue weighted by Crippen LogP contribution is 2.37. The number of piperidine rings is 2. The van der Waals surface area contributed by atoms with E-state index in [4.69, 9.17) is 15.6 Å². The number of likely N-dealkylation sites (tertiary alicyclic amines) is 1. The van der Waals surface area contributed by atoms with Gasteiger partial charge < -0.3 is 25.2 Å². The molecule has 9 rings (SSSR count). The zero-order valence-corrected chi connectivity index (χ0v) is 42.2. The molecule has 380 valence electrons. The van der Waals surface area contributed by atoms with Gasteiger partial charge in [-0.25, -0.2) is 14.6 Å². The lowest BCUT2D eigenvalue weighted by Gasteiger charge is -2.35. The monoisotopic (exact) mass is 997 g/mol. The molecular weight excluding hydrogens is 929 g/mol. The van der Waals surface area contributed by atoms with E-state index in [0.29, 0.717) is 35.6 Å². The summed E-state index contributed by atoms with van der Waals surface area (Å²) in [6.45, 7) is 7.76. The fourth-order valence-electron chi connectivity index (χ4n) is 10.6. The summed E-state index contributed by atoms with van der Waals surface area (Å²) in [6, 6.07) is 21.9. The minimum Gasteiger partial charge on any atom is -0.457 e. The molecule has 5 amide bonds. The number of rotatable bonds is 23. The highest BCUT2D eigenvalue weighted by Gasteiger charge is 2.45. The highest BCUT2D eigenvalue weighted by molar-refractivity contribution is 7.99. The normalized spacial score (nSPS) is 18.8. The van der Waals surface area contributed by atoms with Gasteiger partial charge in [-0.05, 0) is 106 Å². The Morgan fingerprint density at radius 2 is 1.40 bits per heavy atom. The molecule has 3 aromatic carbocycles. The maximum atomic E-state index is 13.6. The quantitative estimate of drug-likeness (QED) is 0.0360. The molecule has 4 aliphatic rings. The van der Waals surface area contributed by atoms with Crippen molar-refractivity contribution in [1.29, 1.82) is 0 Å². The van der Waals surface area contributed by atoms with E-state index in [-0.39, 0.29) is 30.7 Å². The second-order valence-corrected chi connectivity index (χ2v) is 20.8. The van der Waals surface area contributed by atoms with E-state index in [0.717, 1.165) is 122 Å². The molecule has 0 aliphatic carbocycles. The number of nitrogens with zero attached hydrogens (tertiary/aromatic N) is 8. The number of nitrogen functional groups attached to an aromatic ring is 1. The minimum atomic E-state index is -0.947. The van der Waals surface area contributed by atoms with Crippen molar-refractivity contribution < 1.29 is 28.7 Å². The second-order valence-electron chi connectivity index (χ2n) is 19.6. The van der Waals surface area contributed by atoms with E-state index in [2.05, 4.69) is 25.1 Å². The summed E-state index contributed by atoms with van der Waals surface area (Å²) in [5.41, 5.74) is 9.47. The van der Waals surface area contributed by atoms with E-state index in [1.54, 1.807) is 23.9 Å². The van der Waals surface area contributed by atoms with E-state index in [1.165, 1.54) is 57.7 Å². The fraction of sp³-hybridized carbons (Fsp3) is 0.491. The number of carbonyl (C=O) groups excluding carboxylic acids is 5. The van der Waals surface area contributed by atoms with Crippen molar-refractivity contribution in [2.75, 3.05) is 63.8 Å². The number of anilines is 1. The number of nitrogens with one attached hydrogen (secondary N) is 1. The number of amides is 5. The van der Waals surface area contributed by atoms with Crippen molar-refractivity contribution in [3.8, 4) is 22.8 Å². The van der Waals surface area contributed by atoms with Crippen LogP contribution in [0.15, 0.2) is 84.0 Å². The molecule has 3 fully saturated rings. The first-order valence-corrected chi connectivity index (χ1v) is 27.2. The Balaban J connectivity index is 0.606. The SMILES string of the molecule is Nc1ncnc2c1c(-c1ccc(Oc3ccccc3)cc1)nn2C1CCCN(C(=O)CCCN2CCN(CCCCCCCCCCCCSc3cccc4c3C(=O)N(C3CCC(=O)NC3=O)C4=O)CC2)C1. The number of benzene rings is 3. The van der Waals surface area contributed by atoms with Crippen LogP contribution in [0.2, 0.25) is 0 Å². The lowest BCUT2D eigenvalue weighted by atomic mass is 10.0. The zero-order chi connectivity index (χ0) is 49.8. The van der Waals surface area contributed by atoms with E-state index in [9.17, 15) is 24.0 Å². The minimum absolute atomic E-state index is 0.0123. The van der Waals surface area contributed by atoms with Gasteiger partial charge in [-0.2, -0.15) is 5.10 Å². The van der Waals surface area contributed by atoms with Crippen LogP contribution in [0, 0.1) is 0 Å². The molecule has 0 bridgehead atoms. The molecule has 3 saturated heterocycles. The smallest absolute Gasteiger partial charge is 0.263 e. The van der Waals surface area contributed by atoms with Crippen LogP contribution in [0.5, 0.6) is 11.5 Å². The third-order valence-corrected chi connectivity index (χ3v) is 15.7. The summed E-state index contributed by atoms with van der Waals surface area (Å²) in [7, 11) is 0. The molecule has 0 saturated carbocycles. The first-order chi connectivity index (χ1) is 35.2. The number of carbonyl (C=O) groups is 5. The fourth-order valence-corrected chi connectivity index (χ4v) is 11.7. The van der Waals surface area contributed by atoms with Crippen molar-refractivity contribution in [3.05, 3.63) is 90.3 Å². The Morgan fingerprint density at radius 3 is 2.12 bits per heavy atom. The van der Waals surface area contributed by atoms with Gasteiger partial charge in [-0.3, -0.25) is 34.2 Å². The Morgan fingerprint density at radius 1 is 0.722 bits per heavy atom. The van der Waals surface area contributed by atoms with Gasteiger partial charge in [-0.15, -0.1) is 11.8 Å². The van der Waals surface area contributed by atoms with Gasteiger partial charge in [0.25, 0.3) is 11.8 Å². The largest absolute Gasteiger partial charge is 0.457 e. The molecule has 5 aromatic rings. The molecule has 72 heavy (non-hydrogen) atoms. The van der Waals surface area contributed by atoms with Crippen molar-refractivity contribution in [3.63, 3.8) is 0 Å². The number of unbranched alkanes of at least 4 members (excludes halogenated alkanes) is 9. The molecule has 3 N–H and O–H groups in total. The standard InChI is InChI=1S/C55H68N10O6S/c56-51-49-50(39-23-25-42(26-24-39)71-41-18-10-9-11-19-41)60-65(52(49)58-38-57-51)40-17-15-31-63(37-40)47(67)22-16-30-62-34-32-61(33-35-62)29-12-7-5-3-1-2-4-6-8-13-36-72-45-21-14-20-43-48(45)55(70)64(54(43)69)44-27-28-46(66)59-53(44)68/h9-11,14,18-21,23-26,38,40,44H,1-8,12-13,15-17,22,27-37H2,(H2,56,57,58)(H,59,66,68). The van der Waals surface area contributed by atoms with E-state index in [1.807, 2.05) is 70.2 Å². The maximum absolute atomic E-state index is 13.6. The molecule has 4 aliphatic heterocycles. The maximum Gasteiger partial charge on any atom is 0.263 e. The Hall–Kier alpha value is -6.17. The van der Waals surface area contributed by atoms with Crippen molar-refractivity contribution in [2.24, 2.45) is 0 Å². The van der Waals surface area contributed by atoms with Crippen molar-refractivity contribution >= 4 is 58.1 Å². The van der Waals surface area contributed by atoms with Crippen LogP contribution in [0.1, 0.15) is 129 Å². The number of hydrogen-bond donors (Lipinski definition) is 2. The molecule has 6 heterocycles. The number of hydrogen-bond acceptors (Lipinski definition) is 13. The van der Waals surface area contributed by atoms with Gasteiger partial charge in [0.2, 0.25) is 17.7 Å². The Bertz CT molecular complexity index is 2690. The number of imide groups is 2. The summed E-state index contributed by atoms with van der Waals surface area (Å²) in [4.78, 5) is 82.0. The van der Waals surface area contributed by atoms with Gasteiger partial charge in [0.05, 0.1) is 22.6 Å². The molecule has 17 heteroatoms. The number of aromatic nitrogens is 4. The summed E-state index contributed by atoms with van der Waals surface area (Å²) >= 11 is 1.60. The zero-order valence-electron chi connectivity index (χ0n) is 41.4. The third-order valence-electron chi connectivity index (χ3n) is 14.6. The number of nitrogens with two attached hydrogens (primary N) is 1. The molecule has 0 radical (unpaired) electrons. The first kappa shape index (κ1) is 50.8. The number of para-hydroxylation sites is 1. The molecule has 2 aromatic heterocycles. The van der Waals surface area contributed by atoms with Gasteiger partial charge in [0.1, 0.15) is 35.4 Å². The van der Waals surface area contributed by atoms with Crippen LogP contribution in [0.3, 0.4) is 0 Å². The lowest BCUT2D eigenvalue weighted by molar-refractivity contribution is -0.136. The average Bonchev–Trinajstić information content (AvgIpc) is 3.91. The van der Waals surface area contributed by atoms with Crippen LogP contribution >= 0.6 is 11.8 Å². The Labute approximate surface area is 426 Å². The van der Waals surface area contributed by atoms with Crippen LogP contribution in [-0.4, -0.2) is 133 Å². The number of fused-ring (bicyclic) bond motifs is 2. The summed E-state index contributed by atoms with van der Waals surface area (Å²) in [5, 5.41) is 8.06. The van der Waals surface area contributed by atoms with E-state index < -0.39 is 23.8 Å². The van der Waals surface area contributed by atoms with Gasteiger partial charge in [0, 0.05) is 62.6 Å². The van der Waals surface area contributed by atoms with Gasteiger partial charge in [-0.1, -0.05) is 75.6 Å². The predicted octanol–water partition coefficient (Wildman–Crippen LogP) is 8.52. The van der Waals surface area contributed by atoms with Crippen LogP contribution in [0.4, 0.5) is 5.82 Å². The first-order valence-electron chi connectivity index (χ1n) is 26.2. The van der Waals surface area contributed by atoms with Crippen LogP contribution < -0.4 is 15.8 Å². The highest BCUT2D eigenvalue weighted by atomic mass is 32.2. The lowest BCUT2D eigenvalue weighted by Crippen LogP contribution is -2.54. The van der Waals surface area contributed by atoms with Crippen LogP contribution in [0.25, 0.3) is 22.3 Å². The molecular formula is C55H68N10O6S. The summed E-state index contributed by atoms with van der Waals surface area (Å²) < 4.78 is 7.97.